The summed E-state index contributed by atoms with van der Waals surface area (Å²) in [5, 5.41) is 6.84. The lowest BCUT2D eigenvalue weighted by molar-refractivity contribution is 0.0950. The van der Waals surface area contributed by atoms with E-state index in [1.54, 1.807) is 12.1 Å². The van der Waals surface area contributed by atoms with Gasteiger partial charge in [-0.1, -0.05) is 29.8 Å². The molecular formula is C16H14ClIN2O. The molecule has 3 nitrogen and oxygen atoms in total. The summed E-state index contributed by atoms with van der Waals surface area (Å²) in [6.07, 6.45) is 0. The first-order valence-corrected chi connectivity index (χ1v) is 8.14. The molecule has 0 unspecified atom stereocenters. The van der Waals surface area contributed by atoms with Crippen LogP contribution >= 0.6 is 34.2 Å². The van der Waals surface area contributed by atoms with Gasteiger partial charge in [0.1, 0.15) is 0 Å². The molecule has 0 saturated carbocycles. The van der Waals surface area contributed by atoms with Gasteiger partial charge in [-0.05, 0) is 57.5 Å². The van der Waals surface area contributed by atoms with Crippen LogP contribution in [0.15, 0.2) is 36.4 Å². The molecule has 1 heterocycles. The van der Waals surface area contributed by atoms with Gasteiger partial charge in [0.15, 0.2) is 0 Å². The Kier molecular flexibility index (Phi) is 4.47. The number of hydrogen-bond acceptors (Lipinski definition) is 2. The van der Waals surface area contributed by atoms with Crippen LogP contribution in [0.4, 0.5) is 0 Å². The molecule has 0 aromatic heterocycles. The second-order valence-corrected chi connectivity index (χ2v) is 6.61. The number of carbonyl (C=O) groups is 1. The third-order valence-corrected chi connectivity index (χ3v) is 4.70. The molecule has 0 saturated heterocycles. The van der Waals surface area contributed by atoms with Crippen LogP contribution in [0.2, 0.25) is 5.02 Å². The number of nitrogens with one attached hydrogen (secondary N) is 2. The van der Waals surface area contributed by atoms with E-state index in [2.05, 4.69) is 51.4 Å². The minimum Gasteiger partial charge on any atom is -0.348 e. The second kappa shape index (κ2) is 6.34. The van der Waals surface area contributed by atoms with E-state index >= 15 is 0 Å². The van der Waals surface area contributed by atoms with Crippen molar-refractivity contribution in [1.82, 2.24) is 10.6 Å². The third kappa shape index (κ3) is 3.39. The van der Waals surface area contributed by atoms with Gasteiger partial charge in [0.25, 0.3) is 5.91 Å². The lowest BCUT2D eigenvalue weighted by Gasteiger charge is -2.09. The third-order valence-electron chi connectivity index (χ3n) is 3.53. The molecular weight excluding hydrogens is 399 g/mol. The fourth-order valence-electron chi connectivity index (χ4n) is 2.41. The monoisotopic (exact) mass is 412 g/mol. The maximum absolute atomic E-state index is 12.2. The van der Waals surface area contributed by atoms with E-state index < -0.39 is 0 Å². The molecule has 1 amide bonds. The predicted molar refractivity (Wildman–Crippen MR) is 92.3 cm³/mol. The van der Waals surface area contributed by atoms with Crippen LogP contribution in [0.25, 0.3) is 0 Å². The Bertz CT molecular complexity index is 703. The van der Waals surface area contributed by atoms with Gasteiger partial charge in [0.05, 0.1) is 5.56 Å². The van der Waals surface area contributed by atoms with Crippen LogP contribution in [0, 0.1) is 3.57 Å². The van der Waals surface area contributed by atoms with E-state index in [0.29, 0.717) is 17.1 Å². The number of fused-ring (bicyclic) bond motifs is 1. The first-order valence-electron chi connectivity index (χ1n) is 6.68. The highest BCUT2D eigenvalue weighted by atomic mass is 127. The van der Waals surface area contributed by atoms with Crippen molar-refractivity contribution in [2.45, 2.75) is 19.6 Å². The molecule has 2 N–H and O–H groups in total. The van der Waals surface area contributed by atoms with Crippen molar-refractivity contribution in [1.29, 1.82) is 0 Å². The van der Waals surface area contributed by atoms with E-state index in [-0.39, 0.29) is 5.91 Å². The molecule has 2 aromatic rings. The average Bonchev–Trinajstić information content (AvgIpc) is 2.94. The van der Waals surface area contributed by atoms with Crippen molar-refractivity contribution < 1.29 is 4.79 Å². The average molecular weight is 413 g/mol. The zero-order valence-corrected chi connectivity index (χ0v) is 14.2. The van der Waals surface area contributed by atoms with E-state index in [1.165, 1.54) is 11.1 Å². The van der Waals surface area contributed by atoms with Crippen LogP contribution < -0.4 is 10.6 Å². The maximum Gasteiger partial charge on any atom is 0.252 e. The Morgan fingerprint density at radius 1 is 1.19 bits per heavy atom. The van der Waals surface area contributed by atoms with Gasteiger partial charge in [-0.2, -0.15) is 0 Å². The molecule has 0 atom stereocenters. The molecule has 0 aliphatic carbocycles. The Morgan fingerprint density at radius 3 is 2.86 bits per heavy atom. The predicted octanol–water partition coefficient (Wildman–Crippen LogP) is 3.48. The number of halogens is 2. The topological polar surface area (TPSA) is 41.1 Å². The summed E-state index contributed by atoms with van der Waals surface area (Å²) in [7, 11) is 0. The minimum atomic E-state index is -0.0967. The van der Waals surface area contributed by atoms with Crippen LogP contribution in [-0.4, -0.2) is 5.91 Å². The summed E-state index contributed by atoms with van der Waals surface area (Å²) >= 11 is 8.09. The first-order chi connectivity index (χ1) is 10.1. The SMILES string of the molecule is O=C(NCc1ccc2c(c1)CNC2)c1cc(Cl)ccc1I. The highest BCUT2D eigenvalue weighted by Crippen LogP contribution is 2.19. The van der Waals surface area contributed by atoms with Gasteiger partial charge in [-0.15, -0.1) is 0 Å². The summed E-state index contributed by atoms with van der Waals surface area (Å²) < 4.78 is 0.896. The normalized spacial score (nSPS) is 13.0. The Balaban J connectivity index is 1.70. The van der Waals surface area contributed by atoms with E-state index in [0.717, 1.165) is 22.2 Å². The van der Waals surface area contributed by atoms with Gasteiger partial charge in [-0.3, -0.25) is 4.79 Å². The van der Waals surface area contributed by atoms with Crippen molar-refractivity contribution >= 4 is 40.1 Å². The maximum atomic E-state index is 12.2. The Morgan fingerprint density at radius 2 is 2.00 bits per heavy atom. The smallest absolute Gasteiger partial charge is 0.252 e. The molecule has 0 spiro atoms. The summed E-state index contributed by atoms with van der Waals surface area (Å²) in [4.78, 5) is 12.2. The molecule has 0 radical (unpaired) electrons. The quantitative estimate of drug-likeness (QED) is 0.758. The standard InChI is InChI=1S/C16H14ClIN2O/c17-13-3-4-15(18)14(6-13)16(21)20-7-10-1-2-11-8-19-9-12(11)5-10/h1-6,19H,7-9H2,(H,20,21). The van der Waals surface area contributed by atoms with E-state index in [1.807, 2.05) is 6.07 Å². The van der Waals surface area contributed by atoms with Crippen molar-refractivity contribution in [3.63, 3.8) is 0 Å². The zero-order valence-electron chi connectivity index (χ0n) is 11.2. The molecule has 21 heavy (non-hydrogen) atoms. The van der Waals surface area contributed by atoms with Gasteiger partial charge in [0, 0.05) is 28.2 Å². The van der Waals surface area contributed by atoms with Crippen molar-refractivity contribution in [2.75, 3.05) is 0 Å². The second-order valence-electron chi connectivity index (χ2n) is 5.01. The highest BCUT2D eigenvalue weighted by molar-refractivity contribution is 14.1. The molecule has 2 aromatic carbocycles. The van der Waals surface area contributed by atoms with Crippen LogP contribution in [0.1, 0.15) is 27.0 Å². The Labute approximate surface area is 142 Å². The van der Waals surface area contributed by atoms with E-state index in [9.17, 15) is 4.79 Å². The van der Waals surface area contributed by atoms with Crippen molar-refractivity contribution in [3.05, 3.63) is 67.2 Å². The van der Waals surface area contributed by atoms with Crippen LogP contribution in [0.3, 0.4) is 0 Å². The summed E-state index contributed by atoms with van der Waals surface area (Å²) in [6, 6.07) is 11.7. The molecule has 5 heteroatoms. The van der Waals surface area contributed by atoms with Crippen LogP contribution in [0.5, 0.6) is 0 Å². The van der Waals surface area contributed by atoms with Gasteiger partial charge in [-0.25, -0.2) is 0 Å². The van der Waals surface area contributed by atoms with Gasteiger partial charge in [0.2, 0.25) is 0 Å². The largest absolute Gasteiger partial charge is 0.348 e. The minimum absolute atomic E-state index is 0.0967. The molecule has 1 aliphatic heterocycles. The number of carbonyl (C=O) groups excluding carboxylic acids is 1. The first kappa shape index (κ1) is 14.8. The Hall–Kier alpha value is -1.11. The van der Waals surface area contributed by atoms with Gasteiger partial charge >= 0.3 is 0 Å². The van der Waals surface area contributed by atoms with E-state index in [4.69, 9.17) is 11.6 Å². The molecule has 3 rings (SSSR count). The summed E-state index contributed by atoms with van der Waals surface area (Å²) in [6.45, 7) is 2.36. The van der Waals surface area contributed by atoms with Crippen molar-refractivity contribution in [2.24, 2.45) is 0 Å². The number of benzene rings is 2. The highest BCUT2D eigenvalue weighted by Gasteiger charge is 2.12. The summed E-state index contributed by atoms with van der Waals surface area (Å²) in [5.74, 6) is -0.0967. The summed E-state index contributed by atoms with van der Waals surface area (Å²) in [5.41, 5.74) is 4.39. The number of amides is 1. The van der Waals surface area contributed by atoms with Crippen LogP contribution in [-0.2, 0) is 19.6 Å². The molecule has 0 bridgehead atoms. The van der Waals surface area contributed by atoms with Crippen molar-refractivity contribution in [3.8, 4) is 0 Å². The molecule has 1 aliphatic rings. The molecule has 108 valence electrons. The lowest BCUT2D eigenvalue weighted by atomic mass is 10.1. The number of rotatable bonds is 3. The number of hydrogen-bond donors (Lipinski definition) is 2. The zero-order chi connectivity index (χ0) is 14.8. The fraction of sp³-hybridized carbons (Fsp3) is 0.188. The lowest BCUT2D eigenvalue weighted by Crippen LogP contribution is -2.23. The molecule has 0 fully saturated rings. The fourth-order valence-corrected chi connectivity index (χ4v) is 3.16. The van der Waals surface area contributed by atoms with Gasteiger partial charge < -0.3 is 10.6 Å².